The van der Waals surface area contributed by atoms with Crippen molar-refractivity contribution in [1.82, 2.24) is 4.98 Å². The molecular weight excluding hydrogens is 242 g/mol. The fraction of sp³-hybridized carbons (Fsp3) is 0.800. The average molecular weight is 269 g/mol. The Morgan fingerprint density at radius 1 is 1.17 bits per heavy atom. The molecule has 3 heteroatoms. The molecule has 0 aliphatic rings. The summed E-state index contributed by atoms with van der Waals surface area (Å²) >= 11 is 1.68. The minimum absolute atomic E-state index is 0.0996. The standard InChI is InChI=1S/C15H27NOS/c1-6-8-15(17,9-7-2)10-13-16-12(11-18-13)14(3,4)5/h11,17H,6-10H2,1-5H3. The van der Waals surface area contributed by atoms with Crippen molar-refractivity contribution in [3.63, 3.8) is 0 Å². The molecule has 0 radical (unpaired) electrons. The van der Waals surface area contributed by atoms with E-state index in [9.17, 15) is 5.11 Å². The number of hydrogen-bond donors (Lipinski definition) is 1. The van der Waals surface area contributed by atoms with Crippen LogP contribution in [0.5, 0.6) is 0 Å². The maximum atomic E-state index is 10.6. The van der Waals surface area contributed by atoms with Gasteiger partial charge in [-0.2, -0.15) is 0 Å². The van der Waals surface area contributed by atoms with Gasteiger partial charge in [-0.25, -0.2) is 4.98 Å². The maximum Gasteiger partial charge on any atom is 0.0957 e. The molecular formula is C15H27NOS. The smallest absolute Gasteiger partial charge is 0.0957 e. The maximum absolute atomic E-state index is 10.6. The van der Waals surface area contributed by atoms with Crippen LogP contribution in [0.1, 0.15) is 71.0 Å². The van der Waals surface area contributed by atoms with Gasteiger partial charge in [0.2, 0.25) is 0 Å². The van der Waals surface area contributed by atoms with E-state index in [-0.39, 0.29) is 5.41 Å². The normalized spacial score (nSPS) is 13.0. The zero-order valence-electron chi connectivity index (χ0n) is 12.4. The third-order valence-electron chi connectivity index (χ3n) is 3.23. The number of nitrogens with zero attached hydrogens (tertiary/aromatic N) is 1. The van der Waals surface area contributed by atoms with E-state index in [1.54, 1.807) is 11.3 Å². The zero-order chi connectivity index (χ0) is 13.8. The van der Waals surface area contributed by atoms with Crippen molar-refractivity contribution in [3.05, 3.63) is 16.1 Å². The summed E-state index contributed by atoms with van der Waals surface area (Å²) in [6.45, 7) is 10.8. The number of aromatic nitrogens is 1. The van der Waals surface area contributed by atoms with Crippen molar-refractivity contribution in [3.8, 4) is 0 Å². The van der Waals surface area contributed by atoms with E-state index in [0.29, 0.717) is 6.42 Å². The fourth-order valence-electron chi connectivity index (χ4n) is 2.25. The van der Waals surface area contributed by atoms with Crippen LogP contribution in [0.4, 0.5) is 0 Å². The molecule has 0 aromatic carbocycles. The van der Waals surface area contributed by atoms with Crippen LogP contribution in [-0.2, 0) is 11.8 Å². The monoisotopic (exact) mass is 269 g/mol. The highest BCUT2D eigenvalue weighted by molar-refractivity contribution is 7.09. The minimum atomic E-state index is -0.559. The predicted octanol–water partition coefficient (Wildman–Crippen LogP) is 4.31. The highest BCUT2D eigenvalue weighted by Gasteiger charge is 2.27. The molecule has 1 aromatic rings. The summed E-state index contributed by atoms with van der Waals surface area (Å²) in [6.07, 6.45) is 4.48. The fourth-order valence-corrected chi connectivity index (χ4v) is 3.41. The number of thiazole rings is 1. The largest absolute Gasteiger partial charge is 0.389 e. The Kier molecular flexibility index (Phi) is 5.35. The molecule has 0 saturated carbocycles. The molecule has 0 spiro atoms. The molecule has 0 saturated heterocycles. The Labute approximate surface area is 115 Å². The first-order valence-electron chi connectivity index (χ1n) is 6.98. The van der Waals surface area contributed by atoms with E-state index in [0.717, 1.165) is 36.4 Å². The molecule has 18 heavy (non-hydrogen) atoms. The van der Waals surface area contributed by atoms with Gasteiger partial charge in [0.25, 0.3) is 0 Å². The van der Waals surface area contributed by atoms with E-state index in [1.165, 1.54) is 0 Å². The van der Waals surface area contributed by atoms with Crippen LogP contribution in [-0.4, -0.2) is 15.7 Å². The highest BCUT2D eigenvalue weighted by Crippen LogP contribution is 2.29. The Bertz CT molecular complexity index is 359. The Morgan fingerprint density at radius 3 is 2.11 bits per heavy atom. The van der Waals surface area contributed by atoms with Crippen molar-refractivity contribution in [2.75, 3.05) is 0 Å². The first-order valence-corrected chi connectivity index (χ1v) is 7.86. The van der Waals surface area contributed by atoms with E-state index in [2.05, 4.69) is 45.0 Å². The summed E-state index contributed by atoms with van der Waals surface area (Å²) in [5.74, 6) is 0. The number of rotatable bonds is 6. The SMILES string of the molecule is CCCC(O)(CCC)Cc1nc(C(C)(C)C)cs1. The molecule has 0 unspecified atom stereocenters. The average Bonchev–Trinajstić information content (AvgIpc) is 2.65. The van der Waals surface area contributed by atoms with Crippen LogP contribution in [0.15, 0.2) is 5.38 Å². The summed E-state index contributed by atoms with van der Waals surface area (Å²) in [7, 11) is 0. The Hall–Kier alpha value is -0.410. The first kappa shape index (κ1) is 15.6. The summed E-state index contributed by atoms with van der Waals surface area (Å²) in [6, 6.07) is 0. The van der Waals surface area contributed by atoms with Crippen molar-refractivity contribution < 1.29 is 5.11 Å². The van der Waals surface area contributed by atoms with Crippen molar-refractivity contribution in [2.24, 2.45) is 0 Å². The first-order chi connectivity index (χ1) is 8.30. The van der Waals surface area contributed by atoms with Gasteiger partial charge < -0.3 is 5.11 Å². The summed E-state index contributed by atoms with van der Waals surface area (Å²) in [5, 5.41) is 13.8. The van der Waals surface area contributed by atoms with Crippen LogP contribution in [0.25, 0.3) is 0 Å². The Morgan fingerprint density at radius 2 is 1.72 bits per heavy atom. The second kappa shape index (κ2) is 6.16. The summed E-state index contributed by atoms with van der Waals surface area (Å²) in [5.41, 5.74) is 0.677. The summed E-state index contributed by atoms with van der Waals surface area (Å²) in [4.78, 5) is 4.69. The van der Waals surface area contributed by atoms with Crippen LogP contribution < -0.4 is 0 Å². The molecule has 1 aromatic heterocycles. The molecule has 2 nitrogen and oxygen atoms in total. The molecule has 0 bridgehead atoms. The van der Waals surface area contributed by atoms with Crippen molar-refractivity contribution in [2.45, 2.75) is 77.7 Å². The predicted molar refractivity (Wildman–Crippen MR) is 79.3 cm³/mol. The zero-order valence-corrected chi connectivity index (χ0v) is 13.2. The second-order valence-electron chi connectivity index (χ2n) is 6.28. The molecule has 0 amide bonds. The van der Waals surface area contributed by atoms with Crippen LogP contribution in [0.3, 0.4) is 0 Å². The van der Waals surface area contributed by atoms with Crippen LogP contribution >= 0.6 is 11.3 Å². The third kappa shape index (κ3) is 4.36. The van der Waals surface area contributed by atoms with Gasteiger partial charge >= 0.3 is 0 Å². The van der Waals surface area contributed by atoms with Gasteiger partial charge in [-0.3, -0.25) is 0 Å². The minimum Gasteiger partial charge on any atom is -0.389 e. The van der Waals surface area contributed by atoms with Gasteiger partial charge in [0.1, 0.15) is 0 Å². The quantitative estimate of drug-likeness (QED) is 0.834. The molecule has 1 N–H and O–H groups in total. The van der Waals surface area contributed by atoms with Crippen molar-refractivity contribution in [1.29, 1.82) is 0 Å². The Balaban J connectivity index is 2.78. The van der Waals surface area contributed by atoms with Crippen LogP contribution in [0.2, 0.25) is 0 Å². The lowest BCUT2D eigenvalue weighted by Gasteiger charge is -2.26. The van der Waals surface area contributed by atoms with E-state index >= 15 is 0 Å². The summed E-state index contributed by atoms with van der Waals surface area (Å²) < 4.78 is 0. The number of aliphatic hydroxyl groups is 1. The van der Waals surface area contributed by atoms with Crippen LogP contribution in [0, 0.1) is 0 Å². The lowest BCUT2D eigenvalue weighted by Crippen LogP contribution is -2.31. The molecule has 0 aliphatic carbocycles. The molecule has 0 aliphatic heterocycles. The molecule has 1 rings (SSSR count). The van der Waals surface area contributed by atoms with Gasteiger partial charge in [-0.05, 0) is 12.8 Å². The van der Waals surface area contributed by atoms with Gasteiger partial charge in [-0.1, -0.05) is 47.5 Å². The molecule has 0 fully saturated rings. The number of hydrogen-bond acceptors (Lipinski definition) is 3. The van der Waals surface area contributed by atoms with Gasteiger partial charge in [0, 0.05) is 17.2 Å². The van der Waals surface area contributed by atoms with Gasteiger partial charge in [0.05, 0.1) is 16.3 Å². The van der Waals surface area contributed by atoms with E-state index in [1.807, 2.05) is 0 Å². The van der Waals surface area contributed by atoms with Gasteiger partial charge in [0.15, 0.2) is 0 Å². The lowest BCUT2D eigenvalue weighted by atomic mass is 9.89. The third-order valence-corrected chi connectivity index (χ3v) is 4.08. The van der Waals surface area contributed by atoms with E-state index in [4.69, 9.17) is 0 Å². The lowest BCUT2D eigenvalue weighted by molar-refractivity contribution is 0.0215. The molecule has 104 valence electrons. The topological polar surface area (TPSA) is 33.1 Å². The van der Waals surface area contributed by atoms with E-state index < -0.39 is 5.60 Å². The highest BCUT2D eigenvalue weighted by atomic mass is 32.1. The molecule has 0 atom stereocenters. The molecule has 1 heterocycles. The van der Waals surface area contributed by atoms with Crippen molar-refractivity contribution >= 4 is 11.3 Å². The van der Waals surface area contributed by atoms with Gasteiger partial charge in [-0.15, -0.1) is 11.3 Å². The second-order valence-corrected chi connectivity index (χ2v) is 7.22.